The molecular formula is C15H21Br. The van der Waals surface area contributed by atoms with Crippen molar-refractivity contribution in [2.24, 2.45) is 0 Å². The van der Waals surface area contributed by atoms with Gasteiger partial charge in [0.15, 0.2) is 0 Å². The minimum atomic E-state index is 0.936. The standard InChI is InChI=1S/C15H21Br/c1-2-3-4-5-6-7-9-14-10-8-11-15(12-14)13-16/h7-12H,2-6,13H2,1H3. The molecule has 0 radical (unpaired) electrons. The van der Waals surface area contributed by atoms with Gasteiger partial charge in [0.05, 0.1) is 0 Å². The van der Waals surface area contributed by atoms with Crippen LogP contribution in [0.1, 0.15) is 50.2 Å². The Morgan fingerprint density at radius 3 is 2.81 bits per heavy atom. The number of rotatable bonds is 7. The van der Waals surface area contributed by atoms with Gasteiger partial charge in [0, 0.05) is 5.33 Å². The Morgan fingerprint density at radius 1 is 1.19 bits per heavy atom. The molecule has 1 aromatic rings. The molecular weight excluding hydrogens is 260 g/mol. The molecule has 0 aliphatic heterocycles. The van der Waals surface area contributed by atoms with E-state index in [1.807, 2.05) is 0 Å². The van der Waals surface area contributed by atoms with Gasteiger partial charge in [0.25, 0.3) is 0 Å². The van der Waals surface area contributed by atoms with E-state index in [0.29, 0.717) is 0 Å². The fourth-order valence-corrected chi connectivity index (χ4v) is 2.04. The predicted molar refractivity (Wildman–Crippen MR) is 76.9 cm³/mol. The summed E-state index contributed by atoms with van der Waals surface area (Å²) in [5, 5.41) is 0.936. The number of hydrogen-bond donors (Lipinski definition) is 0. The molecule has 0 aromatic heterocycles. The number of hydrogen-bond acceptors (Lipinski definition) is 0. The third-order valence-corrected chi connectivity index (χ3v) is 3.29. The maximum Gasteiger partial charge on any atom is 0.0283 e. The largest absolute Gasteiger partial charge is 0.0876 e. The highest BCUT2D eigenvalue weighted by Crippen LogP contribution is 2.11. The molecule has 0 bridgehead atoms. The first-order valence-corrected chi connectivity index (χ1v) is 7.30. The first kappa shape index (κ1) is 13.5. The highest BCUT2D eigenvalue weighted by molar-refractivity contribution is 9.08. The maximum absolute atomic E-state index is 3.48. The van der Waals surface area contributed by atoms with Crippen LogP contribution in [0.3, 0.4) is 0 Å². The number of unbranched alkanes of at least 4 members (excludes halogenated alkanes) is 4. The van der Waals surface area contributed by atoms with Crippen molar-refractivity contribution in [3.05, 3.63) is 41.5 Å². The zero-order valence-corrected chi connectivity index (χ0v) is 11.7. The Balaban J connectivity index is 2.32. The van der Waals surface area contributed by atoms with E-state index in [4.69, 9.17) is 0 Å². The zero-order chi connectivity index (χ0) is 11.6. The van der Waals surface area contributed by atoms with Crippen LogP contribution in [-0.4, -0.2) is 0 Å². The number of allylic oxidation sites excluding steroid dienone is 1. The van der Waals surface area contributed by atoms with Crippen molar-refractivity contribution in [1.29, 1.82) is 0 Å². The quantitative estimate of drug-likeness (QED) is 0.453. The van der Waals surface area contributed by atoms with Crippen molar-refractivity contribution < 1.29 is 0 Å². The lowest BCUT2D eigenvalue weighted by atomic mass is 10.1. The Morgan fingerprint density at radius 2 is 2.06 bits per heavy atom. The van der Waals surface area contributed by atoms with Crippen LogP contribution in [0.25, 0.3) is 6.08 Å². The van der Waals surface area contributed by atoms with Gasteiger partial charge in [-0.25, -0.2) is 0 Å². The number of benzene rings is 1. The van der Waals surface area contributed by atoms with E-state index in [1.54, 1.807) is 0 Å². The van der Waals surface area contributed by atoms with Gasteiger partial charge in [-0.1, -0.05) is 78.5 Å². The lowest BCUT2D eigenvalue weighted by Crippen LogP contribution is -1.78. The van der Waals surface area contributed by atoms with E-state index in [0.717, 1.165) is 5.33 Å². The zero-order valence-electron chi connectivity index (χ0n) is 10.1. The molecule has 0 amide bonds. The summed E-state index contributed by atoms with van der Waals surface area (Å²) in [5.74, 6) is 0. The summed E-state index contributed by atoms with van der Waals surface area (Å²) in [4.78, 5) is 0. The second-order valence-electron chi connectivity index (χ2n) is 4.13. The number of alkyl halides is 1. The Bertz CT molecular complexity index is 315. The highest BCUT2D eigenvalue weighted by atomic mass is 79.9. The van der Waals surface area contributed by atoms with Gasteiger partial charge in [-0.15, -0.1) is 0 Å². The average Bonchev–Trinajstić information content (AvgIpc) is 2.34. The van der Waals surface area contributed by atoms with Gasteiger partial charge in [0.1, 0.15) is 0 Å². The van der Waals surface area contributed by atoms with Gasteiger partial charge in [-0.2, -0.15) is 0 Å². The Hall–Kier alpha value is -0.560. The van der Waals surface area contributed by atoms with Gasteiger partial charge in [-0.05, 0) is 24.0 Å². The van der Waals surface area contributed by atoms with Crippen LogP contribution in [-0.2, 0) is 5.33 Å². The SMILES string of the molecule is CCCCCCC=Cc1cccc(CBr)c1. The highest BCUT2D eigenvalue weighted by Gasteiger charge is 1.90. The van der Waals surface area contributed by atoms with E-state index < -0.39 is 0 Å². The van der Waals surface area contributed by atoms with Crippen LogP contribution in [0.2, 0.25) is 0 Å². The lowest BCUT2D eigenvalue weighted by Gasteiger charge is -1.98. The second kappa shape index (κ2) is 8.58. The van der Waals surface area contributed by atoms with Gasteiger partial charge in [-0.3, -0.25) is 0 Å². The summed E-state index contributed by atoms with van der Waals surface area (Å²) in [6.45, 7) is 2.25. The summed E-state index contributed by atoms with van der Waals surface area (Å²) in [6.07, 6.45) is 11.1. The van der Waals surface area contributed by atoms with E-state index in [1.165, 1.54) is 43.2 Å². The van der Waals surface area contributed by atoms with Crippen molar-refractivity contribution in [2.75, 3.05) is 0 Å². The first-order chi connectivity index (χ1) is 7.86. The molecule has 1 aromatic carbocycles. The molecule has 1 rings (SSSR count). The minimum Gasteiger partial charge on any atom is -0.0876 e. The van der Waals surface area contributed by atoms with Crippen LogP contribution in [0.4, 0.5) is 0 Å². The molecule has 0 spiro atoms. The number of halogens is 1. The predicted octanol–water partition coefficient (Wildman–Crippen LogP) is 5.57. The van der Waals surface area contributed by atoms with Crippen LogP contribution < -0.4 is 0 Å². The van der Waals surface area contributed by atoms with Crippen LogP contribution in [0.15, 0.2) is 30.3 Å². The molecule has 0 aliphatic rings. The van der Waals surface area contributed by atoms with E-state index >= 15 is 0 Å². The normalized spacial score (nSPS) is 11.1. The molecule has 0 aliphatic carbocycles. The molecule has 0 saturated heterocycles. The first-order valence-electron chi connectivity index (χ1n) is 6.18. The smallest absolute Gasteiger partial charge is 0.0283 e. The molecule has 0 atom stereocenters. The lowest BCUT2D eigenvalue weighted by molar-refractivity contribution is 0.675. The molecule has 0 unspecified atom stereocenters. The van der Waals surface area contributed by atoms with Gasteiger partial charge < -0.3 is 0 Å². The third kappa shape index (κ3) is 5.50. The van der Waals surface area contributed by atoms with Gasteiger partial charge >= 0.3 is 0 Å². The second-order valence-corrected chi connectivity index (χ2v) is 4.69. The summed E-state index contributed by atoms with van der Waals surface area (Å²) in [7, 11) is 0. The Labute approximate surface area is 108 Å². The van der Waals surface area contributed by atoms with Crippen molar-refractivity contribution in [2.45, 2.75) is 44.4 Å². The average molecular weight is 281 g/mol. The Kier molecular flexibility index (Phi) is 7.24. The summed E-state index contributed by atoms with van der Waals surface area (Å²) >= 11 is 3.48. The van der Waals surface area contributed by atoms with Crippen LogP contribution in [0, 0.1) is 0 Å². The maximum atomic E-state index is 3.48. The fourth-order valence-electron chi connectivity index (χ4n) is 1.69. The molecule has 88 valence electrons. The monoisotopic (exact) mass is 280 g/mol. The molecule has 1 heteroatoms. The topological polar surface area (TPSA) is 0 Å². The molecule has 0 saturated carbocycles. The van der Waals surface area contributed by atoms with Gasteiger partial charge in [0.2, 0.25) is 0 Å². The van der Waals surface area contributed by atoms with E-state index in [-0.39, 0.29) is 0 Å². The molecule has 0 nitrogen and oxygen atoms in total. The summed E-state index contributed by atoms with van der Waals surface area (Å²) in [5.41, 5.74) is 2.65. The van der Waals surface area contributed by atoms with Crippen molar-refractivity contribution in [3.8, 4) is 0 Å². The molecule has 16 heavy (non-hydrogen) atoms. The summed E-state index contributed by atoms with van der Waals surface area (Å²) in [6, 6.07) is 8.66. The molecule has 0 fully saturated rings. The van der Waals surface area contributed by atoms with Crippen molar-refractivity contribution in [3.63, 3.8) is 0 Å². The third-order valence-electron chi connectivity index (χ3n) is 2.64. The van der Waals surface area contributed by atoms with Crippen molar-refractivity contribution >= 4 is 22.0 Å². The van der Waals surface area contributed by atoms with E-state index in [9.17, 15) is 0 Å². The summed E-state index contributed by atoms with van der Waals surface area (Å²) < 4.78 is 0. The molecule has 0 N–H and O–H groups in total. The van der Waals surface area contributed by atoms with Crippen LogP contribution >= 0.6 is 15.9 Å². The molecule has 0 heterocycles. The van der Waals surface area contributed by atoms with Crippen molar-refractivity contribution in [1.82, 2.24) is 0 Å². The minimum absolute atomic E-state index is 0.936. The fraction of sp³-hybridized carbons (Fsp3) is 0.467. The van der Waals surface area contributed by atoms with Crippen LogP contribution in [0.5, 0.6) is 0 Å². The van der Waals surface area contributed by atoms with E-state index in [2.05, 4.69) is 59.3 Å².